The average Bonchev–Trinajstić information content (AvgIpc) is 2.64. The molecule has 0 spiro atoms. The van der Waals surface area contributed by atoms with Crippen LogP contribution in [0.5, 0.6) is 0 Å². The molecular formula is C11H11BrO3. The zero-order valence-electron chi connectivity index (χ0n) is 8.12. The fraction of sp³-hybridized carbons (Fsp3) is 0.364. The van der Waals surface area contributed by atoms with E-state index >= 15 is 0 Å². The summed E-state index contributed by atoms with van der Waals surface area (Å²) in [4.78, 5) is 11.1. The number of carboxylic acid groups (broad SMARTS) is 1. The second-order valence-electron chi connectivity index (χ2n) is 3.57. The van der Waals surface area contributed by atoms with Gasteiger partial charge >= 0.3 is 5.97 Å². The number of hydrogen-bond acceptors (Lipinski definition) is 2. The summed E-state index contributed by atoms with van der Waals surface area (Å²) >= 11 is 3.36. The topological polar surface area (TPSA) is 50.4 Å². The second kappa shape index (κ2) is 4.23. The average molecular weight is 271 g/mol. The molecule has 1 aromatic rings. The quantitative estimate of drug-likeness (QED) is 0.896. The number of carbonyl (C=O) groups is 1. The van der Waals surface area contributed by atoms with E-state index in [1.807, 2.05) is 0 Å². The molecule has 1 N–H and O–H groups in total. The summed E-state index contributed by atoms with van der Waals surface area (Å²) in [5, 5.41) is 9.08. The van der Waals surface area contributed by atoms with Crippen molar-refractivity contribution in [3.63, 3.8) is 0 Å². The highest BCUT2D eigenvalue weighted by Gasteiger charge is 2.22. The minimum atomic E-state index is -0.826. The van der Waals surface area contributed by atoms with Gasteiger partial charge in [-0.3, -0.25) is 0 Å². The van der Waals surface area contributed by atoms with Crippen LogP contribution in [0, 0.1) is 0 Å². The maximum Gasteiger partial charge on any atom is 0.331 e. The van der Waals surface area contributed by atoms with Crippen molar-refractivity contribution >= 4 is 27.5 Å². The van der Waals surface area contributed by atoms with Crippen molar-refractivity contribution in [2.24, 2.45) is 0 Å². The van der Waals surface area contributed by atoms with E-state index in [1.165, 1.54) is 0 Å². The number of rotatable bonds is 2. The minimum absolute atomic E-state index is 0.497. The van der Waals surface area contributed by atoms with Crippen LogP contribution >= 0.6 is 15.9 Å². The Bertz CT molecular complexity index is 417. The Labute approximate surface area is 95.9 Å². The van der Waals surface area contributed by atoms with Crippen LogP contribution in [0.1, 0.15) is 31.4 Å². The smallest absolute Gasteiger partial charge is 0.331 e. The normalized spacial score (nSPS) is 16.9. The highest BCUT2D eigenvalue weighted by atomic mass is 79.9. The van der Waals surface area contributed by atoms with Crippen molar-refractivity contribution in [1.29, 1.82) is 0 Å². The first-order valence-corrected chi connectivity index (χ1v) is 5.68. The van der Waals surface area contributed by atoms with E-state index in [4.69, 9.17) is 9.52 Å². The van der Waals surface area contributed by atoms with E-state index in [9.17, 15) is 4.79 Å². The fourth-order valence-electron chi connectivity index (χ4n) is 1.90. The van der Waals surface area contributed by atoms with Crippen LogP contribution < -0.4 is 0 Å². The maximum atomic E-state index is 11.1. The fourth-order valence-corrected chi connectivity index (χ4v) is 2.34. The third-order valence-corrected chi connectivity index (χ3v) is 3.24. The van der Waals surface area contributed by atoms with Gasteiger partial charge in [-0.2, -0.15) is 0 Å². The molecule has 0 aromatic carbocycles. The summed E-state index contributed by atoms with van der Waals surface area (Å²) in [7, 11) is 0. The van der Waals surface area contributed by atoms with Crippen molar-refractivity contribution in [3.8, 4) is 0 Å². The molecule has 0 fully saturated rings. The van der Waals surface area contributed by atoms with Gasteiger partial charge in [-0.05, 0) is 47.7 Å². The molecule has 1 aliphatic rings. The van der Waals surface area contributed by atoms with Crippen LogP contribution in [-0.2, 0) is 4.79 Å². The van der Waals surface area contributed by atoms with Crippen molar-refractivity contribution in [2.75, 3.05) is 0 Å². The summed E-state index contributed by atoms with van der Waals surface area (Å²) < 4.78 is 6.15. The van der Waals surface area contributed by atoms with Gasteiger partial charge in [-0.15, -0.1) is 0 Å². The molecule has 1 aliphatic carbocycles. The monoisotopic (exact) mass is 270 g/mol. The van der Waals surface area contributed by atoms with Crippen LogP contribution in [0.25, 0.3) is 5.57 Å². The first kappa shape index (κ1) is 10.5. The molecule has 15 heavy (non-hydrogen) atoms. The van der Waals surface area contributed by atoms with E-state index in [2.05, 4.69) is 15.9 Å². The molecule has 0 radical (unpaired) electrons. The Morgan fingerprint density at radius 3 is 2.73 bits per heavy atom. The summed E-state index contributed by atoms with van der Waals surface area (Å²) in [5.74, 6) is -0.153. The molecule has 3 nitrogen and oxygen atoms in total. The van der Waals surface area contributed by atoms with Gasteiger partial charge in [0.2, 0.25) is 0 Å². The lowest BCUT2D eigenvalue weighted by atomic mass is 9.90. The van der Waals surface area contributed by atoms with E-state index in [1.54, 1.807) is 12.3 Å². The Balaban J connectivity index is 2.48. The molecule has 80 valence electrons. The van der Waals surface area contributed by atoms with Gasteiger partial charge in [-0.25, -0.2) is 4.79 Å². The van der Waals surface area contributed by atoms with Gasteiger partial charge in [0.25, 0.3) is 0 Å². The van der Waals surface area contributed by atoms with Crippen molar-refractivity contribution in [3.05, 3.63) is 28.1 Å². The first-order chi connectivity index (χ1) is 7.20. The molecule has 0 amide bonds. The molecule has 0 aliphatic heterocycles. The third kappa shape index (κ3) is 2.00. The van der Waals surface area contributed by atoms with Crippen LogP contribution in [0.2, 0.25) is 0 Å². The molecule has 2 rings (SSSR count). The highest BCUT2D eigenvalue weighted by molar-refractivity contribution is 9.10. The number of allylic oxidation sites excluding steroid dienone is 1. The molecule has 0 unspecified atom stereocenters. The van der Waals surface area contributed by atoms with Gasteiger partial charge in [0.1, 0.15) is 5.76 Å². The van der Waals surface area contributed by atoms with Crippen molar-refractivity contribution < 1.29 is 14.3 Å². The van der Waals surface area contributed by atoms with Crippen LogP contribution in [0.15, 0.2) is 26.8 Å². The number of aliphatic carboxylic acids is 1. The van der Waals surface area contributed by atoms with Crippen molar-refractivity contribution in [2.45, 2.75) is 25.7 Å². The van der Waals surface area contributed by atoms with E-state index in [0.29, 0.717) is 17.8 Å². The van der Waals surface area contributed by atoms with Crippen LogP contribution in [0.4, 0.5) is 0 Å². The molecule has 1 aromatic heterocycles. The lowest BCUT2D eigenvalue weighted by Gasteiger charge is -2.16. The largest absolute Gasteiger partial charge is 0.478 e. The predicted molar refractivity (Wildman–Crippen MR) is 59.4 cm³/mol. The van der Waals surface area contributed by atoms with Gasteiger partial charge in [0, 0.05) is 11.1 Å². The SMILES string of the molecule is O=C(O)C1=C(c2occc2Br)CCCC1. The molecule has 0 atom stereocenters. The van der Waals surface area contributed by atoms with E-state index in [-0.39, 0.29) is 0 Å². The summed E-state index contributed by atoms with van der Waals surface area (Å²) in [5.41, 5.74) is 1.34. The Morgan fingerprint density at radius 1 is 1.40 bits per heavy atom. The summed E-state index contributed by atoms with van der Waals surface area (Å²) in [6, 6.07) is 1.79. The second-order valence-corrected chi connectivity index (χ2v) is 4.42. The Kier molecular flexibility index (Phi) is 2.95. The van der Waals surface area contributed by atoms with Crippen LogP contribution in [-0.4, -0.2) is 11.1 Å². The molecule has 1 heterocycles. The number of halogens is 1. The molecule has 0 saturated heterocycles. The molecular weight excluding hydrogens is 260 g/mol. The number of furan rings is 1. The Hall–Kier alpha value is -1.03. The predicted octanol–water partition coefficient (Wildman–Crippen LogP) is 3.45. The van der Waals surface area contributed by atoms with Gasteiger partial charge in [0.15, 0.2) is 0 Å². The zero-order valence-corrected chi connectivity index (χ0v) is 9.71. The molecule has 0 bridgehead atoms. The Morgan fingerprint density at radius 2 is 2.13 bits per heavy atom. The lowest BCUT2D eigenvalue weighted by molar-refractivity contribution is -0.132. The lowest BCUT2D eigenvalue weighted by Crippen LogP contribution is -2.08. The minimum Gasteiger partial charge on any atom is -0.478 e. The van der Waals surface area contributed by atoms with E-state index in [0.717, 1.165) is 29.3 Å². The summed E-state index contributed by atoms with van der Waals surface area (Å²) in [6.45, 7) is 0. The zero-order chi connectivity index (χ0) is 10.8. The first-order valence-electron chi connectivity index (χ1n) is 4.89. The summed E-state index contributed by atoms with van der Waals surface area (Å²) in [6.07, 6.45) is 4.97. The maximum absolute atomic E-state index is 11.1. The standard InChI is InChI=1S/C11H11BrO3/c12-9-5-6-15-10(9)7-3-1-2-4-8(7)11(13)14/h5-6H,1-4H2,(H,13,14). The van der Waals surface area contributed by atoms with Gasteiger partial charge in [-0.1, -0.05) is 0 Å². The van der Waals surface area contributed by atoms with E-state index < -0.39 is 5.97 Å². The van der Waals surface area contributed by atoms with Gasteiger partial charge in [0.05, 0.1) is 10.7 Å². The van der Waals surface area contributed by atoms with Gasteiger partial charge < -0.3 is 9.52 Å². The number of hydrogen-bond donors (Lipinski definition) is 1. The molecule has 0 saturated carbocycles. The third-order valence-electron chi connectivity index (χ3n) is 2.62. The molecule has 4 heteroatoms. The van der Waals surface area contributed by atoms with Crippen LogP contribution in [0.3, 0.4) is 0 Å². The number of carboxylic acids is 1. The highest BCUT2D eigenvalue weighted by Crippen LogP contribution is 2.36. The van der Waals surface area contributed by atoms with Crippen molar-refractivity contribution in [1.82, 2.24) is 0 Å².